The van der Waals surface area contributed by atoms with E-state index >= 15 is 0 Å². The standard InChI is InChI=1S/C21H24ClFN2O2/c1-25(13-17-18(22)4-3-5-19(17)23)20(26)12-24-21(14-6-7-14)15-8-10-16(27-2)11-9-15/h3-5,8-11,14,21,24H,6-7,12-13H2,1-2H3. The maximum absolute atomic E-state index is 13.9. The number of nitrogens with zero attached hydrogens (tertiary/aromatic N) is 1. The van der Waals surface area contributed by atoms with Crippen molar-refractivity contribution in [3.63, 3.8) is 0 Å². The molecule has 27 heavy (non-hydrogen) atoms. The highest BCUT2D eigenvalue weighted by molar-refractivity contribution is 6.31. The molecule has 0 aromatic heterocycles. The monoisotopic (exact) mass is 390 g/mol. The molecule has 0 heterocycles. The van der Waals surface area contributed by atoms with E-state index in [9.17, 15) is 9.18 Å². The topological polar surface area (TPSA) is 41.6 Å². The number of rotatable bonds is 8. The molecule has 1 amide bonds. The van der Waals surface area contributed by atoms with Gasteiger partial charge in [-0.3, -0.25) is 4.79 Å². The second-order valence-electron chi connectivity index (χ2n) is 6.92. The fourth-order valence-electron chi connectivity index (χ4n) is 3.14. The maximum atomic E-state index is 13.9. The number of nitrogens with one attached hydrogen (secondary N) is 1. The van der Waals surface area contributed by atoms with Crippen LogP contribution in [0.15, 0.2) is 42.5 Å². The van der Waals surface area contributed by atoms with Gasteiger partial charge in [0.25, 0.3) is 0 Å². The molecule has 6 heteroatoms. The lowest BCUT2D eigenvalue weighted by Gasteiger charge is -2.22. The van der Waals surface area contributed by atoms with Crippen molar-refractivity contribution in [3.05, 3.63) is 64.4 Å². The van der Waals surface area contributed by atoms with Crippen LogP contribution in [0.25, 0.3) is 0 Å². The molecule has 1 atom stereocenters. The molecule has 0 bridgehead atoms. The van der Waals surface area contributed by atoms with Gasteiger partial charge < -0.3 is 15.0 Å². The normalized spacial score (nSPS) is 14.7. The second-order valence-corrected chi connectivity index (χ2v) is 7.33. The van der Waals surface area contributed by atoms with Crippen molar-refractivity contribution >= 4 is 17.5 Å². The van der Waals surface area contributed by atoms with Gasteiger partial charge in [0.15, 0.2) is 0 Å². The molecule has 4 nitrogen and oxygen atoms in total. The van der Waals surface area contributed by atoms with Crippen molar-refractivity contribution in [2.75, 3.05) is 20.7 Å². The predicted octanol–water partition coefficient (Wildman–Crippen LogP) is 4.19. The van der Waals surface area contributed by atoms with E-state index in [-0.39, 0.29) is 25.0 Å². The van der Waals surface area contributed by atoms with Crippen LogP contribution in [0.3, 0.4) is 0 Å². The van der Waals surface area contributed by atoms with Crippen molar-refractivity contribution < 1.29 is 13.9 Å². The summed E-state index contributed by atoms with van der Waals surface area (Å²) in [6.07, 6.45) is 2.30. The summed E-state index contributed by atoms with van der Waals surface area (Å²) in [7, 11) is 3.30. The van der Waals surface area contributed by atoms with E-state index in [1.165, 1.54) is 11.0 Å². The molecule has 2 aromatic rings. The molecule has 0 spiro atoms. The summed E-state index contributed by atoms with van der Waals surface area (Å²) in [6.45, 7) is 0.332. The molecule has 0 aliphatic heterocycles. The van der Waals surface area contributed by atoms with Crippen LogP contribution in [0.1, 0.15) is 30.0 Å². The Hall–Kier alpha value is -2.11. The van der Waals surface area contributed by atoms with Gasteiger partial charge in [-0.05, 0) is 48.6 Å². The number of carbonyl (C=O) groups excluding carboxylic acids is 1. The number of amides is 1. The number of hydrogen-bond acceptors (Lipinski definition) is 3. The van der Waals surface area contributed by atoms with E-state index in [1.807, 2.05) is 24.3 Å². The second kappa shape index (κ2) is 8.72. The predicted molar refractivity (Wildman–Crippen MR) is 104 cm³/mol. The van der Waals surface area contributed by atoms with Crippen LogP contribution in [-0.2, 0) is 11.3 Å². The first kappa shape index (κ1) is 19.6. The van der Waals surface area contributed by atoms with Gasteiger partial charge in [-0.25, -0.2) is 4.39 Å². The van der Waals surface area contributed by atoms with E-state index in [4.69, 9.17) is 16.3 Å². The number of methoxy groups -OCH3 is 1. The minimum Gasteiger partial charge on any atom is -0.497 e. The van der Waals surface area contributed by atoms with Crippen molar-refractivity contribution in [2.45, 2.75) is 25.4 Å². The average molecular weight is 391 g/mol. The Morgan fingerprint density at radius 3 is 2.59 bits per heavy atom. The van der Waals surface area contributed by atoms with Gasteiger partial charge in [0, 0.05) is 30.2 Å². The number of halogens is 2. The van der Waals surface area contributed by atoms with Crippen LogP contribution in [0, 0.1) is 11.7 Å². The van der Waals surface area contributed by atoms with Crippen molar-refractivity contribution in [3.8, 4) is 5.75 Å². The molecule has 1 saturated carbocycles. The third-order valence-electron chi connectivity index (χ3n) is 4.92. The van der Waals surface area contributed by atoms with E-state index in [2.05, 4.69) is 5.32 Å². The average Bonchev–Trinajstić information content (AvgIpc) is 3.50. The molecule has 1 N–H and O–H groups in total. The molecule has 1 fully saturated rings. The summed E-state index contributed by atoms with van der Waals surface area (Å²) >= 11 is 6.06. The summed E-state index contributed by atoms with van der Waals surface area (Å²) in [5.74, 6) is 0.848. The summed E-state index contributed by atoms with van der Waals surface area (Å²) in [4.78, 5) is 14.0. The Kier molecular flexibility index (Phi) is 6.34. The zero-order valence-corrected chi connectivity index (χ0v) is 16.3. The van der Waals surface area contributed by atoms with Gasteiger partial charge in [0.05, 0.1) is 13.7 Å². The zero-order chi connectivity index (χ0) is 19.4. The lowest BCUT2D eigenvalue weighted by molar-refractivity contribution is -0.129. The Bertz CT molecular complexity index is 773. The zero-order valence-electron chi connectivity index (χ0n) is 15.5. The highest BCUT2D eigenvalue weighted by Crippen LogP contribution is 2.41. The Morgan fingerprint density at radius 2 is 2.00 bits per heavy atom. The van der Waals surface area contributed by atoms with Gasteiger partial charge in [-0.2, -0.15) is 0 Å². The van der Waals surface area contributed by atoms with Crippen LogP contribution >= 0.6 is 11.6 Å². The molecule has 1 aliphatic carbocycles. The van der Waals surface area contributed by atoms with Crippen molar-refractivity contribution in [1.82, 2.24) is 10.2 Å². The fraction of sp³-hybridized carbons (Fsp3) is 0.381. The minimum absolute atomic E-state index is 0.103. The molecular formula is C21H24ClFN2O2. The molecule has 1 unspecified atom stereocenters. The van der Waals surface area contributed by atoms with Crippen LogP contribution in [-0.4, -0.2) is 31.5 Å². The van der Waals surface area contributed by atoms with Crippen molar-refractivity contribution in [2.24, 2.45) is 5.92 Å². The van der Waals surface area contributed by atoms with E-state index in [1.54, 1.807) is 26.3 Å². The molecule has 1 aliphatic rings. The number of likely N-dealkylation sites (N-methyl/N-ethyl adjacent to an activating group) is 1. The van der Waals surface area contributed by atoms with Gasteiger partial charge in [-0.15, -0.1) is 0 Å². The lowest BCUT2D eigenvalue weighted by atomic mass is 10.0. The number of carbonyl (C=O) groups is 1. The smallest absolute Gasteiger partial charge is 0.236 e. The largest absolute Gasteiger partial charge is 0.497 e. The van der Waals surface area contributed by atoms with E-state index in [0.717, 1.165) is 24.2 Å². The Labute approximate surface area is 164 Å². The first-order valence-electron chi connectivity index (χ1n) is 9.03. The molecule has 0 radical (unpaired) electrons. The van der Waals surface area contributed by atoms with Crippen LogP contribution in [0.2, 0.25) is 5.02 Å². The van der Waals surface area contributed by atoms with Gasteiger partial charge in [0.1, 0.15) is 11.6 Å². The Morgan fingerprint density at radius 1 is 1.30 bits per heavy atom. The molecule has 0 saturated heterocycles. The summed E-state index contributed by atoms with van der Waals surface area (Å²) < 4.78 is 19.1. The van der Waals surface area contributed by atoms with Gasteiger partial charge >= 0.3 is 0 Å². The van der Waals surface area contributed by atoms with Gasteiger partial charge in [0.2, 0.25) is 5.91 Å². The van der Waals surface area contributed by atoms with Crippen LogP contribution in [0.4, 0.5) is 4.39 Å². The number of benzene rings is 2. The maximum Gasteiger partial charge on any atom is 0.236 e. The lowest BCUT2D eigenvalue weighted by Crippen LogP contribution is -2.37. The Balaban J connectivity index is 1.60. The number of hydrogen-bond donors (Lipinski definition) is 1. The summed E-state index contributed by atoms with van der Waals surface area (Å²) in [6, 6.07) is 12.6. The molecule has 3 rings (SSSR count). The third kappa shape index (κ3) is 4.99. The SMILES string of the molecule is COc1ccc(C(NCC(=O)N(C)Cc2c(F)cccc2Cl)C2CC2)cc1. The van der Waals surface area contributed by atoms with Gasteiger partial charge in [-0.1, -0.05) is 29.8 Å². The summed E-state index contributed by atoms with van der Waals surface area (Å²) in [5.41, 5.74) is 1.48. The number of ether oxygens (including phenoxy) is 1. The molecule has 144 valence electrons. The highest BCUT2D eigenvalue weighted by Gasteiger charge is 2.32. The van der Waals surface area contributed by atoms with Crippen molar-refractivity contribution in [1.29, 1.82) is 0 Å². The first-order valence-corrected chi connectivity index (χ1v) is 9.41. The fourth-order valence-corrected chi connectivity index (χ4v) is 3.36. The van der Waals surface area contributed by atoms with Crippen LogP contribution in [0.5, 0.6) is 5.75 Å². The molecular weight excluding hydrogens is 367 g/mol. The molecule has 2 aromatic carbocycles. The van der Waals surface area contributed by atoms with Crippen LogP contribution < -0.4 is 10.1 Å². The highest BCUT2D eigenvalue weighted by atomic mass is 35.5. The van der Waals surface area contributed by atoms with E-state index in [0.29, 0.717) is 16.5 Å². The summed E-state index contributed by atoms with van der Waals surface area (Å²) in [5, 5.41) is 3.70. The van der Waals surface area contributed by atoms with E-state index < -0.39 is 5.82 Å². The quantitative estimate of drug-likeness (QED) is 0.735. The minimum atomic E-state index is -0.399. The first-order chi connectivity index (χ1) is 13.0. The third-order valence-corrected chi connectivity index (χ3v) is 5.28.